The highest BCUT2D eigenvalue weighted by atomic mass is 32.1. The minimum absolute atomic E-state index is 0.122. The Morgan fingerprint density at radius 1 is 1.43 bits per heavy atom. The first-order chi connectivity index (χ1) is 6.70. The van der Waals surface area contributed by atoms with E-state index in [1.54, 1.807) is 11.3 Å². The molecule has 1 unspecified atom stereocenters. The van der Waals surface area contributed by atoms with Crippen LogP contribution in [0.2, 0.25) is 0 Å². The third-order valence-electron chi connectivity index (χ3n) is 2.83. The summed E-state index contributed by atoms with van der Waals surface area (Å²) in [5.74, 6) is 0. The third-order valence-corrected chi connectivity index (χ3v) is 3.56. The first-order valence-electron chi connectivity index (χ1n) is 5.32. The van der Waals surface area contributed by atoms with E-state index in [9.17, 15) is 5.11 Å². The zero-order valence-corrected chi connectivity index (χ0v) is 9.94. The summed E-state index contributed by atoms with van der Waals surface area (Å²) < 4.78 is 0. The summed E-state index contributed by atoms with van der Waals surface area (Å²) in [7, 11) is 0. The van der Waals surface area contributed by atoms with Crippen molar-refractivity contribution in [1.29, 1.82) is 0 Å². The highest BCUT2D eigenvalue weighted by Gasteiger charge is 2.21. The van der Waals surface area contributed by atoms with Crippen LogP contribution in [0.15, 0.2) is 16.8 Å². The van der Waals surface area contributed by atoms with Crippen LogP contribution in [0.1, 0.15) is 38.7 Å². The minimum Gasteiger partial charge on any atom is -0.396 e. The van der Waals surface area contributed by atoms with E-state index in [0.717, 1.165) is 25.7 Å². The Kier molecular flexibility index (Phi) is 4.63. The lowest BCUT2D eigenvalue weighted by Crippen LogP contribution is -2.21. The van der Waals surface area contributed by atoms with E-state index in [1.807, 2.05) is 0 Å². The summed E-state index contributed by atoms with van der Waals surface area (Å²) in [6.45, 7) is 4.67. The van der Waals surface area contributed by atoms with Crippen molar-refractivity contribution in [3.05, 3.63) is 22.4 Å². The molecule has 0 saturated heterocycles. The van der Waals surface area contributed by atoms with E-state index in [2.05, 4.69) is 30.7 Å². The van der Waals surface area contributed by atoms with Crippen LogP contribution in [-0.4, -0.2) is 11.7 Å². The Balaban J connectivity index is 2.41. The summed E-state index contributed by atoms with van der Waals surface area (Å²) >= 11 is 1.75. The molecular weight excluding hydrogens is 192 g/mol. The van der Waals surface area contributed by atoms with Gasteiger partial charge in [-0.3, -0.25) is 0 Å². The molecular formula is C12H20OS. The maximum atomic E-state index is 9.35. The van der Waals surface area contributed by atoms with Gasteiger partial charge in [-0.2, -0.15) is 11.3 Å². The van der Waals surface area contributed by atoms with Crippen LogP contribution < -0.4 is 0 Å². The standard InChI is InChI=1S/C12H20OS/c1-3-6-12(2,10-13)7-4-11-5-8-14-9-11/h5,8-9,13H,3-4,6-7,10H2,1-2H3. The maximum absolute atomic E-state index is 9.35. The highest BCUT2D eigenvalue weighted by Crippen LogP contribution is 2.28. The highest BCUT2D eigenvalue weighted by molar-refractivity contribution is 7.07. The molecule has 0 spiro atoms. The van der Waals surface area contributed by atoms with E-state index >= 15 is 0 Å². The zero-order chi connectivity index (χ0) is 10.4. The fraction of sp³-hybridized carbons (Fsp3) is 0.667. The number of aliphatic hydroxyl groups excluding tert-OH is 1. The second-order valence-electron chi connectivity index (χ2n) is 4.35. The lowest BCUT2D eigenvalue weighted by Gasteiger charge is -2.26. The molecule has 0 aliphatic carbocycles. The predicted molar refractivity (Wildman–Crippen MR) is 62.7 cm³/mol. The van der Waals surface area contributed by atoms with Crippen LogP contribution in [0, 0.1) is 5.41 Å². The van der Waals surface area contributed by atoms with Crippen molar-refractivity contribution < 1.29 is 5.11 Å². The zero-order valence-electron chi connectivity index (χ0n) is 9.12. The molecule has 0 bridgehead atoms. The molecule has 0 radical (unpaired) electrons. The second kappa shape index (κ2) is 5.52. The molecule has 1 aromatic heterocycles. The smallest absolute Gasteiger partial charge is 0.0484 e. The fourth-order valence-electron chi connectivity index (χ4n) is 1.77. The van der Waals surface area contributed by atoms with Crippen LogP contribution in [-0.2, 0) is 6.42 Å². The molecule has 14 heavy (non-hydrogen) atoms. The summed E-state index contributed by atoms with van der Waals surface area (Å²) in [5, 5.41) is 13.7. The van der Waals surface area contributed by atoms with Crippen LogP contribution in [0.3, 0.4) is 0 Å². The largest absolute Gasteiger partial charge is 0.396 e. The minimum atomic E-state index is 0.122. The molecule has 1 rings (SSSR count). The second-order valence-corrected chi connectivity index (χ2v) is 5.13. The molecule has 0 aromatic carbocycles. The van der Waals surface area contributed by atoms with Gasteiger partial charge in [0.25, 0.3) is 0 Å². The molecule has 0 fully saturated rings. The van der Waals surface area contributed by atoms with E-state index < -0.39 is 0 Å². The van der Waals surface area contributed by atoms with Gasteiger partial charge >= 0.3 is 0 Å². The average molecular weight is 212 g/mol. The van der Waals surface area contributed by atoms with Crippen molar-refractivity contribution in [3.8, 4) is 0 Å². The molecule has 1 heterocycles. The first kappa shape index (κ1) is 11.7. The van der Waals surface area contributed by atoms with Crippen molar-refractivity contribution in [2.24, 2.45) is 5.41 Å². The molecule has 1 atom stereocenters. The lowest BCUT2D eigenvalue weighted by molar-refractivity contribution is 0.122. The van der Waals surface area contributed by atoms with E-state index in [1.165, 1.54) is 5.56 Å². The van der Waals surface area contributed by atoms with Gasteiger partial charge in [0, 0.05) is 6.61 Å². The normalized spacial score (nSPS) is 15.4. The molecule has 0 saturated carbocycles. The molecule has 1 aromatic rings. The van der Waals surface area contributed by atoms with Crippen molar-refractivity contribution in [2.45, 2.75) is 39.5 Å². The van der Waals surface area contributed by atoms with Gasteiger partial charge in [0.1, 0.15) is 0 Å². The Morgan fingerprint density at radius 3 is 2.71 bits per heavy atom. The molecule has 0 aliphatic heterocycles. The lowest BCUT2D eigenvalue weighted by atomic mass is 9.81. The Labute approximate surface area is 90.8 Å². The molecule has 0 amide bonds. The summed E-state index contributed by atoms with van der Waals surface area (Å²) in [6, 6.07) is 2.18. The van der Waals surface area contributed by atoms with Crippen LogP contribution in [0.4, 0.5) is 0 Å². The van der Waals surface area contributed by atoms with E-state index in [4.69, 9.17) is 0 Å². The summed E-state index contributed by atoms with van der Waals surface area (Å²) in [6.07, 6.45) is 4.46. The Bertz CT molecular complexity index is 243. The molecule has 0 aliphatic rings. The van der Waals surface area contributed by atoms with Gasteiger partial charge in [-0.1, -0.05) is 20.3 Å². The third kappa shape index (κ3) is 3.43. The van der Waals surface area contributed by atoms with Crippen molar-refractivity contribution in [3.63, 3.8) is 0 Å². The summed E-state index contributed by atoms with van der Waals surface area (Å²) in [5.41, 5.74) is 1.53. The first-order valence-corrected chi connectivity index (χ1v) is 6.26. The predicted octanol–water partition coefficient (Wildman–Crippen LogP) is 3.48. The van der Waals surface area contributed by atoms with Gasteiger partial charge in [0.05, 0.1) is 0 Å². The van der Waals surface area contributed by atoms with E-state index in [-0.39, 0.29) is 5.41 Å². The Morgan fingerprint density at radius 2 is 2.21 bits per heavy atom. The summed E-state index contributed by atoms with van der Waals surface area (Å²) in [4.78, 5) is 0. The van der Waals surface area contributed by atoms with Crippen molar-refractivity contribution in [2.75, 3.05) is 6.61 Å². The van der Waals surface area contributed by atoms with E-state index in [0.29, 0.717) is 6.61 Å². The monoisotopic (exact) mass is 212 g/mol. The molecule has 1 nitrogen and oxygen atoms in total. The van der Waals surface area contributed by atoms with Gasteiger partial charge < -0.3 is 5.11 Å². The number of aryl methyl sites for hydroxylation is 1. The van der Waals surface area contributed by atoms with Crippen molar-refractivity contribution >= 4 is 11.3 Å². The molecule has 80 valence electrons. The van der Waals surface area contributed by atoms with Crippen LogP contribution in [0.25, 0.3) is 0 Å². The number of hydrogen-bond acceptors (Lipinski definition) is 2. The number of thiophene rings is 1. The van der Waals surface area contributed by atoms with Crippen LogP contribution >= 0.6 is 11.3 Å². The number of hydrogen-bond donors (Lipinski definition) is 1. The average Bonchev–Trinajstić information content (AvgIpc) is 2.68. The van der Waals surface area contributed by atoms with Gasteiger partial charge in [0.2, 0.25) is 0 Å². The number of aliphatic hydroxyl groups is 1. The van der Waals surface area contributed by atoms with Gasteiger partial charge in [-0.15, -0.1) is 0 Å². The van der Waals surface area contributed by atoms with Gasteiger partial charge in [-0.05, 0) is 47.1 Å². The number of rotatable bonds is 6. The van der Waals surface area contributed by atoms with Crippen molar-refractivity contribution in [1.82, 2.24) is 0 Å². The molecule has 1 N–H and O–H groups in total. The fourth-order valence-corrected chi connectivity index (χ4v) is 2.47. The maximum Gasteiger partial charge on any atom is 0.0484 e. The SMILES string of the molecule is CCCC(C)(CO)CCc1ccsc1. The quantitative estimate of drug-likeness (QED) is 0.765. The van der Waals surface area contributed by atoms with Crippen LogP contribution in [0.5, 0.6) is 0 Å². The Hall–Kier alpha value is -0.340. The topological polar surface area (TPSA) is 20.2 Å². The van der Waals surface area contributed by atoms with Gasteiger partial charge in [0.15, 0.2) is 0 Å². The molecule has 2 heteroatoms. The van der Waals surface area contributed by atoms with Gasteiger partial charge in [-0.25, -0.2) is 0 Å².